The van der Waals surface area contributed by atoms with Crippen molar-refractivity contribution >= 4 is 17.9 Å². The van der Waals surface area contributed by atoms with Gasteiger partial charge in [-0.3, -0.25) is 14.9 Å². The van der Waals surface area contributed by atoms with Crippen molar-refractivity contribution in [2.45, 2.75) is 44.8 Å². The van der Waals surface area contributed by atoms with Gasteiger partial charge in [-0.15, -0.1) is 10.2 Å². The van der Waals surface area contributed by atoms with Gasteiger partial charge in [-0.05, 0) is 39.0 Å². The largest absolute Gasteiger partial charge is 0.491 e. The summed E-state index contributed by atoms with van der Waals surface area (Å²) in [6, 6.07) is 8.37. The average molecular weight is 609 g/mol. The number of amides is 3. The molecular formula is C28H31F3N4O8. The Morgan fingerprint density at radius 3 is 2.28 bits per heavy atom. The topological polar surface area (TPSA) is 146 Å². The maximum atomic E-state index is 13.6. The van der Waals surface area contributed by atoms with Crippen LogP contribution in [0.5, 0.6) is 11.5 Å². The molecule has 0 bridgehead atoms. The van der Waals surface area contributed by atoms with E-state index in [-0.39, 0.29) is 74.4 Å². The van der Waals surface area contributed by atoms with Crippen molar-refractivity contribution in [1.82, 2.24) is 10.6 Å². The van der Waals surface area contributed by atoms with E-state index in [4.69, 9.17) is 23.7 Å². The van der Waals surface area contributed by atoms with Crippen LogP contribution in [-0.2, 0) is 26.5 Å². The number of carbonyl (C=O) groups excluding carboxylic acids is 3. The highest BCUT2D eigenvalue weighted by molar-refractivity contribution is 6.22. The van der Waals surface area contributed by atoms with Crippen molar-refractivity contribution in [2.75, 3.05) is 39.6 Å². The molecule has 2 aromatic rings. The van der Waals surface area contributed by atoms with E-state index in [1.807, 2.05) is 0 Å². The number of alkyl carbamates (subject to hydrolysis) is 1. The molecule has 3 amide bonds. The highest BCUT2D eigenvalue weighted by Gasteiger charge is 2.65. The van der Waals surface area contributed by atoms with E-state index in [0.29, 0.717) is 5.56 Å². The summed E-state index contributed by atoms with van der Waals surface area (Å²) < 4.78 is 68.3. The van der Waals surface area contributed by atoms with Crippen LogP contribution in [0.25, 0.3) is 0 Å². The third kappa shape index (κ3) is 7.99. The minimum atomic E-state index is -4.72. The Bertz CT molecular complexity index is 1390. The number of benzene rings is 2. The van der Waals surface area contributed by atoms with Crippen LogP contribution < -0.4 is 20.1 Å². The Labute approximate surface area is 244 Å². The van der Waals surface area contributed by atoms with Crippen LogP contribution in [-0.4, -0.2) is 69.3 Å². The quantitative estimate of drug-likeness (QED) is 0.239. The number of hydrogen-bond donors (Lipinski definition) is 2. The van der Waals surface area contributed by atoms with E-state index in [0.717, 1.165) is 0 Å². The van der Waals surface area contributed by atoms with Gasteiger partial charge in [0.2, 0.25) is 0 Å². The number of carbonyl (C=O) groups is 3. The Hall–Kier alpha value is -4.24. The number of imide groups is 1. The van der Waals surface area contributed by atoms with E-state index < -0.39 is 35.3 Å². The lowest BCUT2D eigenvalue weighted by Gasteiger charge is -2.19. The predicted octanol–water partition coefficient (Wildman–Crippen LogP) is 4.27. The van der Waals surface area contributed by atoms with Gasteiger partial charge in [0.25, 0.3) is 11.8 Å². The fourth-order valence-corrected chi connectivity index (χ4v) is 4.00. The van der Waals surface area contributed by atoms with Gasteiger partial charge in [0.05, 0.1) is 37.6 Å². The molecule has 0 fully saturated rings. The van der Waals surface area contributed by atoms with Crippen molar-refractivity contribution in [2.24, 2.45) is 10.2 Å². The molecule has 232 valence electrons. The molecule has 4 rings (SSSR count). The minimum Gasteiger partial charge on any atom is -0.491 e. The Kier molecular flexibility index (Phi) is 9.55. The van der Waals surface area contributed by atoms with Crippen molar-refractivity contribution in [1.29, 1.82) is 0 Å². The molecule has 0 aliphatic carbocycles. The molecule has 0 atom stereocenters. The molecule has 15 heteroatoms. The van der Waals surface area contributed by atoms with Crippen LogP contribution in [0.4, 0.5) is 18.0 Å². The van der Waals surface area contributed by atoms with E-state index in [1.165, 1.54) is 30.3 Å². The van der Waals surface area contributed by atoms with Gasteiger partial charge in [0.1, 0.15) is 30.3 Å². The molecule has 12 nitrogen and oxygen atoms in total. The number of halogens is 3. The predicted molar refractivity (Wildman–Crippen MR) is 143 cm³/mol. The van der Waals surface area contributed by atoms with Gasteiger partial charge in [0, 0.05) is 17.7 Å². The van der Waals surface area contributed by atoms with Crippen LogP contribution >= 0.6 is 0 Å². The first-order valence-electron chi connectivity index (χ1n) is 13.3. The van der Waals surface area contributed by atoms with Crippen molar-refractivity contribution < 1.29 is 51.2 Å². The van der Waals surface area contributed by atoms with E-state index in [2.05, 4.69) is 20.9 Å². The summed E-state index contributed by atoms with van der Waals surface area (Å²) in [5.41, 5.74) is -2.84. The Morgan fingerprint density at radius 2 is 1.60 bits per heavy atom. The second-order valence-corrected chi connectivity index (χ2v) is 10.4. The van der Waals surface area contributed by atoms with E-state index in [1.54, 1.807) is 26.8 Å². The van der Waals surface area contributed by atoms with Gasteiger partial charge < -0.3 is 29.0 Å². The lowest BCUT2D eigenvalue weighted by atomic mass is 10.0. The number of alkyl halides is 3. The highest BCUT2D eigenvalue weighted by atomic mass is 19.4. The van der Waals surface area contributed by atoms with Crippen molar-refractivity contribution in [3.8, 4) is 11.5 Å². The van der Waals surface area contributed by atoms with Crippen LogP contribution in [0.2, 0.25) is 0 Å². The standard InChI is InChI=1S/C28H31F3N4O8/c1-26(2,3)43-25(38)32-9-10-39-11-12-40-13-14-41-21-15-18(27(34-35-27)28(29,30)31)8-7-17(21)16-42-20-6-4-5-19-22(20)24(37)33-23(19)36/h4-8,15H,9-14,16H2,1-3H3,(H,32,38)(H,33,36,37). The third-order valence-electron chi connectivity index (χ3n) is 6.04. The first kappa shape index (κ1) is 31.7. The maximum Gasteiger partial charge on any atom is 0.442 e. The smallest absolute Gasteiger partial charge is 0.442 e. The molecule has 2 heterocycles. The number of nitrogens with zero attached hydrogens (tertiary/aromatic N) is 2. The lowest BCUT2D eigenvalue weighted by Crippen LogP contribution is -2.34. The number of hydrogen-bond acceptors (Lipinski definition) is 10. The van der Waals surface area contributed by atoms with Gasteiger partial charge in [-0.1, -0.05) is 18.2 Å². The molecule has 2 aliphatic heterocycles. The van der Waals surface area contributed by atoms with Crippen LogP contribution in [0, 0.1) is 0 Å². The zero-order valence-electron chi connectivity index (χ0n) is 23.7. The lowest BCUT2D eigenvalue weighted by molar-refractivity contribution is -0.166. The molecule has 0 saturated heterocycles. The molecular weight excluding hydrogens is 577 g/mol. The molecule has 2 N–H and O–H groups in total. The molecule has 2 aliphatic rings. The Morgan fingerprint density at radius 1 is 0.907 bits per heavy atom. The maximum absolute atomic E-state index is 13.6. The molecule has 0 saturated carbocycles. The van der Waals surface area contributed by atoms with Crippen LogP contribution in [0.1, 0.15) is 52.6 Å². The summed E-state index contributed by atoms with van der Waals surface area (Å²) in [6.45, 7) is 6.12. The molecule has 0 unspecified atom stereocenters. The zero-order chi connectivity index (χ0) is 31.3. The van der Waals surface area contributed by atoms with Crippen LogP contribution in [0.3, 0.4) is 0 Å². The summed E-state index contributed by atoms with van der Waals surface area (Å²) in [5.74, 6) is -0.929. The third-order valence-corrected chi connectivity index (χ3v) is 6.04. The van der Waals surface area contributed by atoms with Crippen molar-refractivity contribution in [3.05, 3.63) is 58.7 Å². The zero-order valence-corrected chi connectivity index (χ0v) is 23.7. The monoisotopic (exact) mass is 608 g/mol. The SMILES string of the molecule is CC(C)(C)OC(=O)NCCOCCOCCOc1cc(C2(C(F)(F)F)N=N2)ccc1COc1cccc2c1C(=O)NC2=O. The normalized spacial score (nSPS) is 15.1. The van der Waals surface area contributed by atoms with Gasteiger partial charge >= 0.3 is 17.9 Å². The summed E-state index contributed by atoms with van der Waals surface area (Å²) in [7, 11) is 0. The second-order valence-electron chi connectivity index (χ2n) is 10.4. The molecule has 43 heavy (non-hydrogen) atoms. The Balaban J connectivity index is 1.29. The summed E-state index contributed by atoms with van der Waals surface area (Å²) in [4.78, 5) is 35.7. The fourth-order valence-electron chi connectivity index (χ4n) is 4.00. The highest BCUT2D eigenvalue weighted by Crippen LogP contribution is 2.53. The second kappa shape index (κ2) is 13.0. The van der Waals surface area contributed by atoms with Crippen molar-refractivity contribution in [3.63, 3.8) is 0 Å². The van der Waals surface area contributed by atoms with Gasteiger partial charge in [-0.25, -0.2) is 4.79 Å². The summed E-state index contributed by atoms with van der Waals surface area (Å²) in [5, 5.41) is 11.2. The first-order chi connectivity index (χ1) is 20.3. The average Bonchev–Trinajstić information content (AvgIpc) is 3.69. The van der Waals surface area contributed by atoms with E-state index in [9.17, 15) is 27.6 Å². The number of ether oxygens (including phenoxy) is 5. The molecule has 0 radical (unpaired) electrons. The molecule has 0 aromatic heterocycles. The first-order valence-corrected chi connectivity index (χ1v) is 13.3. The summed E-state index contributed by atoms with van der Waals surface area (Å²) >= 11 is 0. The molecule has 0 spiro atoms. The van der Waals surface area contributed by atoms with Gasteiger partial charge in [0.15, 0.2) is 0 Å². The fraction of sp³-hybridized carbons (Fsp3) is 0.464. The summed E-state index contributed by atoms with van der Waals surface area (Å²) in [6.07, 6.45) is -5.27. The number of nitrogens with one attached hydrogen (secondary N) is 2. The van der Waals surface area contributed by atoms with E-state index >= 15 is 0 Å². The minimum absolute atomic E-state index is 0.0123. The van der Waals surface area contributed by atoms with Crippen LogP contribution in [0.15, 0.2) is 46.6 Å². The molecule has 2 aromatic carbocycles. The number of fused-ring (bicyclic) bond motifs is 1. The number of rotatable bonds is 14. The van der Waals surface area contributed by atoms with Gasteiger partial charge in [-0.2, -0.15) is 13.2 Å².